The number of carbonyl (C=O) groups excluding carboxylic acids is 3. The fourth-order valence-corrected chi connectivity index (χ4v) is 3.76. The lowest BCUT2D eigenvalue weighted by Gasteiger charge is -2.13. The number of hydrogen-bond acceptors (Lipinski definition) is 6. The van der Waals surface area contributed by atoms with Crippen LogP contribution in [0.1, 0.15) is 44.5 Å². The van der Waals surface area contributed by atoms with Gasteiger partial charge >= 0.3 is 5.97 Å². The molecule has 2 heterocycles. The van der Waals surface area contributed by atoms with Gasteiger partial charge in [0.2, 0.25) is 11.3 Å². The van der Waals surface area contributed by atoms with E-state index in [1.54, 1.807) is 74.5 Å². The maximum absolute atomic E-state index is 13.2. The van der Waals surface area contributed by atoms with E-state index in [-0.39, 0.29) is 30.0 Å². The summed E-state index contributed by atoms with van der Waals surface area (Å²) in [5.41, 5.74) is 2.75. The minimum absolute atomic E-state index is 0.0383. The summed E-state index contributed by atoms with van der Waals surface area (Å²) in [6.07, 6.45) is 1.39. The van der Waals surface area contributed by atoms with Crippen LogP contribution >= 0.6 is 0 Å². The molecule has 0 saturated carbocycles. The molecule has 0 aliphatic carbocycles. The summed E-state index contributed by atoms with van der Waals surface area (Å²) >= 11 is 0. The summed E-state index contributed by atoms with van der Waals surface area (Å²) in [4.78, 5) is 55.5. The van der Waals surface area contributed by atoms with Gasteiger partial charge in [0.15, 0.2) is 5.78 Å². The molecule has 0 radical (unpaired) electrons. The second-order valence-electron chi connectivity index (χ2n) is 8.36. The van der Waals surface area contributed by atoms with Crippen molar-refractivity contribution in [3.05, 3.63) is 105 Å². The SMILES string of the molecule is CCOC(=O)c1ccc(NC(=O)Cn2cc(C(=O)c3ccc(C)cc3)c(=O)c3ccc(C)nc32)cc1. The summed E-state index contributed by atoms with van der Waals surface area (Å²) in [5.74, 6) is -1.26. The monoisotopic (exact) mass is 483 g/mol. The summed E-state index contributed by atoms with van der Waals surface area (Å²) < 4.78 is 6.47. The number of benzene rings is 2. The Balaban J connectivity index is 1.65. The molecule has 182 valence electrons. The highest BCUT2D eigenvalue weighted by atomic mass is 16.5. The number of anilines is 1. The Hall–Kier alpha value is -4.59. The number of ether oxygens (including phenoxy) is 1. The normalized spacial score (nSPS) is 10.8. The van der Waals surface area contributed by atoms with E-state index in [0.717, 1.165) is 5.56 Å². The van der Waals surface area contributed by atoms with Crippen molar-refractivity contribution < 1.29 is 19.1 Å². The summed E-state index contributed by atoms with van der Waals surface area (Å²) in [7, 11) is 0. The first-order valence-electron chi connectivity index (χ1n) is 11.5. The van der Waals surface area contributed by atoms with Crippen molar-refractivity contribution in [3.63, 3.8) is 0 Å². The zero-order valence-corrected chi connectivity index (χ0v) is 20.2. The summed E-state index contributed by atoms with van der Waals surface area (Å²) in [5, 5.41) is 3.02. The molecule has 4 aromatic rings. The van der Waals surface area contributed by atoms with Gasteiger partial charge in [-0.1, -0.05) is 29.8 Å². The Morgan fingerprint density at radius 1 is 0.917 bits per heavy atom. The third kappa shape index (κ3) is 5.22. The van der Waals surface area contributed by atoms with Gasteiger partial charge in [0, 0.05) is 23.1 Å². The van der Waals surface area contributed by atoms with Crippen LogP contribution in [-0.4, -0.2) is 33.8 Å². The van der Waals surface area contributed by atoms with Crippen LogP contribution in [0.3, 0.4) is 0 Å². The fraction of sp³-hybridized carbons (Fsp3) is 0.179. The molecule has 2 aromatic heterocycles. The zero-order chi connectivity index (χ0) is 25.8. The predicted molar refractivity (Wildman–Crippen MR) is 136 cm³/mol. The van der Waals surface area contributed by atoms with E-state index in [2.05, 4.69) is 10.3 Å². The molecule has 0 aliphatic rings. The van der Waals surface area contributed by atoms with Gasteiger partial charge in [-0.05, 0) is 57.2 Å². The Morgan fingerprint density at radius 2 is 1.58 bits per heavy atom. The Morgan fingerprint density at radius 3 is 2.25 bits per heavy atom. The molecule has 2 aromatic carbocycles. The molecule has 8 nitrogen and oxygen atoms in total. The van der Waals surface area contributed by atoms with Crippen LogP contribution in [0.2, 0.25) is 0 Å². The Bertz CT molecular complexity index is 1520. The van der Waals surface area contributed by atoms with Crippen molar-refractivity contribution in [1.82, 2.24) is 9.55 Å². The smallest absolute Gasteiger partial charge is 0.338 e. The van der Waals surface area contributed by atoms with E-state index < -0.39 is 17.2 Å². The van der Waals surface area contributed by atoms with Crippen LogP contribution in [0.25, 0.3) is 11.0 Å². The van der Waals surface area contributed by atoms with E-state index in [9.17, 15) is 19.2 Å². The average Bonchev–Trinajstić information content (AvgIpc) is 2.86. The standard InChI is InChI=1S/C28H25N3O5/c1-4-36-28(35)20-10-12-21(13-11-20)30-24(32)16-31-15-23(25(33)19-8-5-17(2)6-9-19)26(34)22-14-7-18(3)29-27(22)31/h5-15H,4,16H2,1-3H3,(H,30,32). The van der Waals surface area contributed by atoms with Gasteiger partial charge in [0.25, 0.3) is 0 Å². The number of pyridine rings is 2. The van der Waals surface area contributed by atoms with E-state index >= 15 is 0 Å². The number of aromatic nitrogens is 2. The molecule has 1 N–H and O–H groups in total. The lowest BCUT2D eigenvalue weighted by molar-refractivity contribution is -0.116. The van der Waals surface area contributed by atoms with Crippen molar-refractivity contribution in [2.45, 2.75) is 27.3 Å². The maximum Gasteiger partial charge on any atom is 0.338 e. The van der Waals surface area contributed by atoms with E-state index in [1.165, 1.54) is 10.8 Å². The number of fused-ring (bicyclic) bond motifs is 1. The summed E-state index contributed by atoms with van der Waals surface area (Å²) in [6.45, 7) is 5.51. The number of rotatable bonds is 7. The number of esters is 1. The number of amides is 1. The molecule has 0 bridgehead atoms. The molecular formula is C28H25N3O5. The maximum atomic E-state index is 13.2. The number of nitrogens with one attached hydrogen (secondary N) is 1. The highest BCUT2D eigenvalue weighted by Crippen LogP contribution is 2.16. The van der Waals surface area contributed by atoms with E-state index in [1.807, 2.05) is 6.92 Å². The Labute approximate surface area is 207 Å². The van der Waals surface area contributed by atoms with Crippen molar-refractivity contribution >= 4 is 34.4 Å². The third-order valence-corrected chi connectivity index (χ3v) is 5.61. The molecule has 0 fully saturated rings. The van der Waals surface area contributed by atoms with Gasteiger partial charge < -0.3 is 14.6 Å². The molecular weight excluding hydrogens is 458 g/mol. The van der Waals surface area contributed by atoms with Crippen molar-refractivity contribution in [2.24, 2.45) is 0 Å². The second kappa shape index (κ2) is 10.4. The van der Waals surface area contributed by atoms with Gasteiger partial charge in [-0.3, -0.25) is 14.4 Å². The zero-order valence-electron chi connectivity index (χ0n) is 20.2. The molecule has 0 unspecified atom stereocenters. The van der Waals surface area contributed by atoms with Crippen LogP contribution < -0.4 is 10.7 Å². The molecule has 0 aliphatic heterocycles. The molecule has 1 amide bonds. The first-order valence-corrected chi connectivity index (χ1v) is 11.5. The number of ketones is 1. The average molecular weight is 484 g/mol. The Kier molecular flexibility index (Phi) is 7.05. The molecule has 8 heteroatoms. The van der Waals surface area contributed by atoms with Gasteiger partial charge in [-0.2, -0.15) is 0 Å². The second-order valence-corrected chi connectivity index (χ2v) is 8.36. The quantitative estimate of drug-likeness (QED) is 0.314. The first-order chi connectivity index (χ1) is 17.3. The van der Waals surface area contributed by atoms with Crippen LogP contribution in [0, 0.1) is 13.8 Å². The lowest BCUT2D eigenvalue weighted by Crippen LogP contribution is -2.25. The molecule has 0 saturated heterocycles. The van der Waals surface area contributed by atoms with Crippen molar-refractivity contribution in [2.75, 3.05) is 11.9 Å². The van der Waals surface area contributed by atoms with Gasteiger partial charge in [0.1, 0.15) is 12.2 Å². The van der Waals surface area contributed by atoms with Crippen LogP contribution in [0.15, 0.2) is 71.7 Å². The van der Waals surface area contributed by atoms with Crippen molar-refractivity contribution in [3.8, 4) is 0 Å². The van der Waals surface area contributed by atoms with Crippen LogP contribution in [0.5, 0.6) is 0 Å². The predicted octanol–water partition coefficient (Wildman–Crippen LogP) is 4.06. The van der Waals surface area contributed by atoms with Gasteiger partial charge in [-0.15, -0.1) is 0 Å². The third-order valence-electron chi connectivity index (χ3n) is 5.61. The lowest BCUT2D eigenvalue weighted by atomic mass is 10.0. The highest BCUT2D eigenvalue weighted by molar-refractivity contribution is 6.10. The van der Waals surface area contributed by atoms with E-state index in [0.29, 0.717) is 28.2 Å². The molecule has 0 spiro atoms. The number of aryl methyl sites for hydroxylation is 2. The molecule has 0 atom stereocenters. The fourth-order valence-electron chi connectivity index (χ4n) is 3.76. The van der Waals surface area contributed by atoms with Gasteiger partial charge in [0.05, 0.1) is 23.1 Å². The number of carbonyl (C=O) groups is 3. The minimum Gasteiger partial charge on any atom is -0.462 e. The largest absolute Gasteiger partial charge is 0.462 e. The molecule has 36 heavy (non-hydrogen) atoms. The van der Waals surface area contributed by atoms with Crippen LogP contribution in [-0.2, 0) is 16.1 Å². The topological polar surface area (TPSA) is 107 Å². The number of nitrogens with zero attached hydrogens (tertiary/aromatic N) is 2. The highest BCUT2D eigenvalue weighted by Gasteiger charge is 2.19. The number of hydrogen-bond donors (Lipinski definition) is 1. The van der Waals surface area contributed by atoms with E-state index in [4.69, 9.17) is 4.74 Å². The van der Waals surface area contributed by atoms with Crippen molar-refractivity contribution in [1.29, 1.82) is 0 Å². The minimum atomic E-state index is -0.442. The van der Waals surface area contributed by atoms with Gasteiger partial charge in [-0.25, -0.2) is 9.78 Å². The van der Waals surface area contributed by atoms with Crippen LogP contribution in [0.4, 0.5) is 5.69 Å². The first kappa shape index (κ1) is 24.5. The summed E-state index contributed by atoms with van der Waals surface area (Å²) in [6, 6.07) is 16.6. The molecule has 4 rings (SSSR count).